The molecule has 3 aromatic carbocycles. The van der Waals surface area contributed by atoms with Gasteiger partial charge in [-0.25, -0.2) is 0 Å². The number of carbonyl (C=O) groups excluding carboxylic acids is 2. The summed E-state index contributed by atoms with van der Waals surface area (Å²) in [7, 11) is 0. The molecular weight excluding hydrogens is 560 g/mol. The first kappa shape index (κ1) is 30.9. The van der Waals surface area contributed by atoms with Crippen LogP contribution in [0.1, 0.15) is 49.9 Å². The van der Waals surface area contributed by atoms with E-state index in [4.69, 9.17) is 18.9 Å². The number of rotatable bonds is 13. The Morgan fingerprint density at radius 1 is 0.909 bits per heavy atom. The van der Waals surface area contributed by atoms with Crippen molar-refractivity contribution in [3.63, 3.8) is 0 Å². The maximum atomic E-state index is 13.6. The smallest absolute Gasteiger partial charge is 0.295 e. The molecule has 3 aromatic rings. The highest BCUT2D eigenvalue weighted by molar-refractivity contribution is 6.46. The van der Waals surface area contributed by atoms with Gasteiger partial charge in [-0.05, 0) is 74.4 Å². The zero-order chi connectivity index (χ0) is 31.1. The van der Waals surface area contributed by atoms with Crippen molar-refractivity contribution >= 4 is 17.4 Å². The summed E-state index contributed by atoms with van der Waals surface area (Å²) in [4.78, 5) is 31.0. The lowest BCUT2D eigenvalue weighted by atomic mass is 9.94. The van der Waals surface area contributed by atoms with Crippen LogP contribution in [0.15, 0.2) is 72.3 Å². The number of carbonyl (C=O) groups is 2. The van der Waals surface area contributed by atoms with Gasteiger partial charge in [0.25, 0.3) is 11.7 Å². The highest BCUT2D eigenvalue weighted by Crippen LogP contribution is 2.43. The second-order valence-corrected chi connectivity index (χ2v) is 10.6. The molecule has 0 unspecified atom stereocenters. The highest BCUT2D eigenvalue weighted by atomic mass is 16.6. The fraction of sp³-hybridized carbons (Fsp3) is 0.371. The second kappa shape index (κ2) is 14.3. The van der Waals surface area contributed by atoms with Gasteiger partial charge in [-0.2, -0.15) is 0 Å². The molecule has 2 aliphatic heterocycles. The third-order valence-corrected chi connectivity index (χ3v) is 7.94. The molecule has 1 saturated heterocycles. The van der Waals surface area contributed by atoms with Crippen molar-refractivity contribution in [2.75, 3.05) is 46.0 Å². The van der Waals surface area contributed by atoms with Gasteiger partial charge in [0, 0.05) is 12.1 Å². The van der Waals surface area contributed by atoms with E-state index in [1.54, 1.807) is 35.2 Å². The average Bonchev–Trinajstić information content (AvgIpc) is 3.31. The number of aliphatic hydroxyl groups is 1. The Labute approximate surface area is 258 Å². The molecule has 9 heteroatoms. The molecule has 1 fully saturated rings. The van der Waals surface area contributed by atoms with Crippen LogP contribution >= 0.6 is 0 Å². The SMILES string of the molecule is CCOc1cc([C@H]2C(=C(O)c3ccc4c(c3)OCCO4)C(=O)C(=O)N2CCCN(CC)CC)ccc1OCc1ccccc1. The number of likely N-dealkylation sites (tertiary alicyclic amines) is 1. The molecule has 9 nitrogen and oxygen atoms in total. The van der Waals surface area contributed by atoms with Crippen LogP contribution in [0.25, 0.3) is 5.76 Å². The monoisotopic (exact) mass is 600 g/mol. The van der Waals surface area contributed by atoms with Gasteiger partial charge in [0.1, 0.15) is 25.6 Å². The number of Topliss-reactive ketones (excluding diaryl/α,β-unsaturated/α-hetero) is 1. The van der Waals surface area contributed by atoms with Gasteiger partial charge in [0.05, 0.1) is 18.2 Å². The number of hydrogen-bond acceptors (Lipinski definition) is 8. The lowest BCUT2D eigenvalue weighted by Crippen LogP contribution is -2.33. The molecule has 44 heavy (non-hydrogen) atoms. The fourth-order valence-electron chi connectivity index (χ4n) is 5.63. The minimum absolute atomic E-state index is 0.0231. The molecule has 0 radical (unpaired) electrons. The van der Waals surface area contributed by atoms with Gasteiger partial charge >= 0.3 is 0 Å². The number of ether oxygens (including phenoxy) is 4. The Bertz CT molecular complexity index is 1500. The fourth-order valence-corrected chi connectivity index (χ4v) is 5.63. The van der Waals surface area contributed by atoms with E-state index in [1.165, 1.54) is 0 Å². The van der Waals surface area contributed by atoms with E-state index in [-0.39, 0.29) is 11.3 Å². The van der Waals surface area contributed by atoms with Crippen LogP contribution in [0.2, 0.25) is 0 Å². The third-order valence-electron chi connectivity index (χ3n) is 7.94. The Hall–Kier alpha value is -4.50. The molecule has 2 heterocycles. The van der Waals surface area contributed by atoms with Crippen molar-refractivity contribution in [3.8, 4) is 23.0 Å². The molecule has 0 bridgehead atoms. The van der Waals surface area contributed by atoms with E-state index in [9.17, 15) is 14.7 Å². The van der Waals surface area contributed by atoms with Gasteiger partial charge < -0.3 is 33.9 Å². The maximum absolute atomic E-state index is 13.6. The van der Waals surface area contributed by atoms with E-state index in [0.717, 1.165) is 25.2 Å². The average molecular weight is 601 g/mol. The summed E-state index contributed by atoms with van der Waals surface area (Å²) in [6, 6.07) is 19.4. The second-order valence-electron chi connectivity index (χ2n) is 10.6. The number of benzene rings is 3. The number of nitrogens with zero attached hydrogens (tertiary/aromatic N) is 2. The van der Waals surface area contributed by atoms with Gasteiger partial charge in [0.2, 0.25) is 0 Å². The molecule has 0 aromatic heterocycles. The minimum atomic E-state index is -0.817. The molecule has 1 atom stereocenters. The van der Waals surface area contributed by atoms with E-state index in [0.29, 0.717) is 73.5 Å². The zero-order valence-corrected chi connectivity index (χ0v) is 25.6. The third kappa shape index (κ3) is 6.68. The minimum Gasteiger partial charge on any atom is -0.507 e. The number of aliphatic hydroxyl groups excluding tert-OH is 1. The van der Waals surface area contributed by atoms with E-state index in [1.807, 2.05) is 43.3 Å². The van der Waals surface area contributed by atoms with E-state index < -0.39 is 17.7 Å². The predicted octanol–water partition coefficient (Wildman–Crippen LogP) is 5.59. The number of ketones is 1. The van der Waals surface area contributed by atoms with Crippen LogP contribution in [0.3, 0.4) is 0 Å². The van der Waals surface area contributed by atoms with Crippen molar-refractivity contribution in [2.45, 2.75) is 39.8 Å². The molecule has 1 amide bonds. The number of fused-ring (bicyclic) bond motifs is 1. The van der Waals surface area contributed by atoms with Crippen molar-refractivity contribution in [3.05, 3.63) is 89.0 Å². The standard InChI is InChI=1S/C35H40N2O7/c1-4-36(5-2)17-10-18-37-32(25-13-15-28(29(21-25)41-6-3)44-23-24-11-8-7-9-12-24)31(34(39)35(37)40)33(38)26-14-16-27-30(22-26)43-20-19-42-27/h7-9,11-16,21-22,32,38H,4-6,10,17-20,23H2,1-3H3/t32-/m0/s1. The van der Waals surface area contributed by atoms with Crippen LogP contribution in [-0.2, 0) is 16.2 Å². The first-order valence-corrected chi connectivity index (χ1v) is 15.3. The predicted molar refractivity (Wildman–Crippen MR) is 167 cm³/mol. The Kier molecular flexibility index (Phi) is 10.1. The van der Waals surface area contributed by atoms with Crippen LogP contribution in [0, 0.1) is 0 Å². The summed E-state index contributed by atoms with van der Waals surface area (Å²) < 4.78 is 23.4. The zero-order valence-electron chi connectivity index (χ0n) is 25.6. The first-order valence-electron chi connectivity index (χ1n) is 15.3. The van der Waals surface area contributed by atoms with Crippen molar-refractivity contribution < 1.29 is 33.6 Å². The molecule has 0 saturated carbocycles. The summed E-state index contributed by atoms with van der Waals surface area (Å²) in [6.07, 6.45) is 0.672. The summed E-state index contributed by atoms with van der Waals surface area (Å²) in [5.41, 5.74) is 2.05. The van der Waals surface area contributed by atoms with Crippen molar-refractivity contribution in [1.82, 2.24) is 9.80 Å². The van der Waals surface area contributed by atoms with Crippen molar-refractivity contribution in [2.24, 2.45) is 0 Å². The Balaban J connectivity index is 1.53. The van der Waals surface area contributed by atoms with Crippen LogP contribution < -0.4 is 18.9 Å². The van der Waals surface area contributed by atoms with E-state index in [2.05, 4.69) is 18.7 Å². The van der Waals surface area contributed by atoms with Gasteiger partial charge in [0.15, 0.2) is 23.0 Å². The Morgan fingerprint density at radius 2 is 1.66 bits per heavy atom. The van der Waals surface area contributed by atoms with Gasteiger partial charge in [-0.15, -0.1) is 0 Å². The first-order chi connectivity index (χ1) is 21.4. The van der Waals surface area contributed by atoms with Crippen molar-refractivity contribution in [1.29, 1.82) is 0 Å². The lowest BCUT2D eigenvalue weighted by molar-refractivity contribution is -0.140. The molecule has 5 rings (SSSR count). The summed E-state index contributed by atoms with van der Waals surface area (Å²) in [5, 5.41) is 11.6. The van der Waals surface area contributed by atoms with Crippen LogP contribution in [-0.4, -0.2) is 72.6 Å². The maximum Gasteiger partial charge on any atom is 0.295 e. The molecule has 0 aliphatic carbocycles. The topological polar surface area (TPSA) is 97.8 Å². The van der Waals surface area contributed by atoms with Gasteiger partial charge in [-0.3, -0.25) is 9.59 Å². The lowest BCUT2D eigenvalue weighted by Gasteiger charge is -2.27. The summed E-state index contributed by atoms with van der Waals surface area (Å²) in [5.74, 6) is 0.443. The number of hydrogen-bond donors (Lipinski definition) is 1. The highest BCUT2D eigenvalue weighted by Gasteiger charge is 2.46. The summed E-state index contributed by atoms with van der Waals surface area (Å²) >= 11 is 0. The summed E-state index contributed by atoms with van der Waals surface area (Å²) in [6.45, 7) is 10.6. The quantitative estimate of drug-likeness (QED) is 0.154. The molecule has 2 aliphatic rings. The molecular formula is C35H40N2O7. The largest absolute Gasteiger partial charge is 0.507 e. The number of amides is 1. The van der Waals surface area contributed by atoms with E-state index >= 15 is 0 Å². The van der Waals surface area contributed by atoms with Crippen LogP contribution in [0.4, 0.5) is 0 Å². The van der Waals surface area contributed by atoms with Crippen LogP contribution in [0.5, 0.6) is 23.0 Å². The molecule has 1 N–H and O–H groups in total. The Morgan fingerprint density at radius 3 is 2.39 bits per heavy atom. The molecule has 0 spiro atoms. The molecule has 232 valence electrons. The normalized spacial score (nSPS) is 17.3. The van der Waals surface area contributed by atoms with Gasteiger partial charge in [-0.1, -0.05) is 50.2 Å².